The van der Waals surface area contributed by atoms with Crippen molar-refractivity contribution in [3.05, 3.63) is 29.8 Å². The normalized spacial score (nSPS) is 26.4. The van der Waals surface area contributed by atoms with Crippen LogP contribution in [-0.4, -0.2) is 84.9 Å². The number of likely N-dealkylation sites (N-methyl/N-ethyl adjacent to an activating group) is 1. The molecule has 0 saturated carbocycles. The lowest BCUT2D eigenvalue weighted by Gasteiger charge is -2.37. The lowest BCUT2D eigenvalue weighted by atomic mass is 10.1. The van der Waals surface area contributed by atoms with Gasteiger partial charge < -0.3 is 14.7 Å². The Morgan fingerprint density at radius 2 is 1.85 bits per heavy atom. The van der Waals surface area contributed by atoms with Crippen molar-refractivity contribution in [3.63, 3.8) is 0 Å². The number of likely N-dealkylation sites (tertiary alicyclic amines) is 1. The second-order valence-corrected chi connectivity index (χ2v) is 8.27. The Balaban J connectivity index is 1.34. The third kappa shape index (κ3) is 3.81. The topological polar surface area (TPSA) is 47.1 Å². The van der Waals surface area contributed by atoms with Crippen molar-refractivity contribution in [2.24, 2.45) is 0 Å². The highest BCUT2D eigenvalue weighted by Gasteiger charge is 2.42. The maximum Gasteiger partial charge on any atom is 0.237 e. The summed E-state index contributed by atoms with van der Waals surface area (Å²) in [5.41, 5.74) is 2.55. The second-order valence-electron chi connectivity index (χ2n) is 8.27. The van der Waals surface area contributed by atoms with E-state index in [0.29, 0.717) is 19.5 Å². The van der Waals surface area contributed by atoms with Crippen LogP contribution in [0.4, 0.5) is 5.69 Å². The zero-order valence-electron chi connectivity index (χ0n) is 16.4. The minimum atomic E-state index is 0.105. The second kappa shape index (κ2) is 7.50. The van der Waals surface area contributed by atoms with Crippen LogP contribution in [0.25, 0.3) is 0 Å². The molecular weight excluding hydrogens is 340 g/mol. The van der Waals surface area contributed by atoms with E-state index in [2.05, 4.69) is 41.0 Å². The fourth-order valence-electron chi connectivity index (χ4n) is 4.79. The molecule has 3 aliphatic rings. The van der Waals surface area contributed by atoms with E-state index in [9.17, 15) is 9.59 Å². The van der Waals surface area contributed by atoms with Crippen LogP contribution in [0.2, 0.25) is 0 Å². The molecule has 2 bridgehead atoms. The third-order valence-electron chi connectivity index (χ3n) is 6.33. The zero-order chi connectivity index (χ0) is 19.0. The predicted molar refractivity (Wildman–Crippen MR) is 106 cm³/mol. The molecule has 3 saturated heterocycles. The van der Waals surface area contributed by atoms with Crippen LogP contribution in [0, 0.1) is 6.92 Å². The fraction of sp³-hybridized carbons (Fsp3) is 0.619. The van der Waals surface area contributed by atoms with Crippen LogP contribution in [-0.2, 0) is 9.59 Å². The lowest BCUT2D eigenvalue weighted by molar-refractivity contribution is -0.135. The van der Waals surface area contributed by atoms with Crippen molar-refractivity contribution >= 4 is 17.5 Å². The first kappa shape index (κ1) is 18.3. The lowest BCUT2D eigenvalue weighted by Crippen LogP contribution is -2.52. The van der Waals surface area contributed by atoms with Gasteiger partial charge in [0.05, 0.1) is 6.54 Å². The molecule has 0 aliphatic carbocycles. The van der Waals surface area contributed by atoms with Crippen molar-refractivity contribution in [1.82, 2.24) is 14.7 Å². The van der Waals surface area contributed by atoms with Crippen molar-refractivity contribution in [1.29, 1.82) is 0 Å². The van der Waals surface area contributed by atoms with Gasteiger partial charge in [0.15, 0.2) is 0 Å². The minimum Gasteiger partial charge on any atom is -0.369 e. The molecular formula is C21H30N4O2. The Morgan fingerprint density at radius 3 is 2.59 bits per heavy atom. The molecule has 2 amide bonds. The van der Waals surface area contributed by atoms with E-state index in [0.717, 1.165) is 39.0 Å². The SMILES string of the molecule is Cc1cccc(N2CCN(CC(=O)N3[C@@H]4CC[C@H]3CN(C)C(=O)C4)CC2)c1. The first-order chi connectivity index (χ1) is 13.0. The largest absolute Gasteiger partial charge is 0.369 e. The summed E-state index contributed by atoms with van der Waals surface area (Å²) in [5, 5.41) is 0. The molecule has 0 spiro atoms. The molecule has 4 rings (SSSR count). The number of benzene rings is 1. The predicted octanol–water partition coefficient (Wildman–Crippen LogP) is 1.34. The smallest absolute Gasteiger partial charge is 0.237 e. The van der Waals surface area contributed by atoms with E-state index in [4.69, 9.17) is 0 Å². The van der Waals surface area contributed by atoms with Gasteiger partial charge in [0.2, 0.25) is 11.8 Å². The molecule has 0 aromatic heterocycles. The maximum atomic E-state index is 13.0. The third-order valence-corrected chi connectivity index (χ3v) is 6.33. The number of anilines is 1. The number of amides is 2. The Hall–Kier alpha value is -2.08. The summed E-state index contributed by atoms with van der Waals surface area (Å²) >= 11 is 0. The summed E-state index contributed by atoms with van der Waals surface area (Å²) in [7, 11) is 1.86. The molecule has 3 aliphatic heterocycles. The summed E-state index contributed by atoms with van der Waals surface area (Å²) in [6.07, 6.45) is 2.48. The van der Waals surface area contributed by atoms with Crippen molar-refractivity contribution in [2.45, 2.75) is 38.3 Å². The van der Waals surface area contributed by atoms with Crippen LogP contribution in [0.5, 0.6) is 0 Å². The van der Waals surface area contributed by atoms with Crippen molar-refractivity contribution in [2.75, 3.05) is 51.2 Å². The Kier molecular flexibility index (Phi) is 5.08. The van der Waals surface area contributed by atoms with E-state index >= 15 is 0 Å². The summed E-state index contributed by atoms with van der Waals surface area (Å²) in [6.45, 7) is 6.99. The number of rotatable bonds is 3. The molecule has 2 atom stereocenters. The monoisotopic (exact) mass is 370 g/mol. The van der Waals surface area contributed by atoms with Gasteiger partial charge in [-0.2, -0.15) is 0 Å². The van der Waals surface area contributed by atoms with Gasteiger partial charge in [-0.25, -0.2) is 0 Å². The average Bonchev–Trinajstić information content (AvgIpc) is 2.98. The van der Waals surface area contributed by atoms with E-state index in [-0.39, 0.29) is 23.9 Å². The minimum absolute atomic E-state index is 0.105. The average molecular weight is 370 g/mol. The molecule has 3 heterocycles. The Bertz CT molecular complexity index is 714. The molecule has 0 N–H and O–H groups in total. The Labute approximate surface area is 161 Å². The molecule has 6 nitrogen and oxygen atoms in total. The number of aryl methyl sites for hydroxylation is 1. The van der Waals surface area contributed by atoms with Gasteiger partial charge in [-0.15, -0.1) is 0 Å². The van der Waals surface area contributed by atoms with Gasteiger partial charge in [0.1, 0.15) is 0 Å². The zero-order valence-corrected chi connectivity index (χ0v) is 16.4. The number of hydrogen-bond acceptors (Lipinski definition) is 4. The van der Waals surface area contributed by atoms with Crippen molar-refractivity contribution in [3.8, 4) is 0 Å². The molecule has 27 heavy (non-hydrogen) atoms. The summed E-state index contributed by atoms with van der Waals surface area (Å²) in [5.74, 6) is 0.376. The summed E-state index contributed by atoms with van der Waals surface area (Å²) < 4.78 is 0. The molecule has 0 unspecified atom stereocenters. The van der Waals surface area contributed by atoms with Crippen LogP contribution in [0.15, 0.2) is 24.3 Å². The van der Waals surface area contributed by atoms with E-state index < -0.39 is 0 Å². The fourth-order valence-corrected chi connectivity index (χ4v) is 4.79. The summed E-state index contributed by atoms with van der Waals surface area (Å²) in [6, 6.07) is 8.92. The maximum absolute atomic E-state index is 13.0. The molecule has 3 fully saturated rings. The first-order valence-corrected chi connectivity index (χ1v) is 10.1. The van der Waals surface area contributed by atoms with Crippen LogP contribution in [0.1, 0.15) is 24.8 Å². The molecule has 6 heteroatoms. The number of piperazine rings is 1. The number of carbonyl (C=O) groups excluding carboxylic acids is 2. The quantitative estimate of drug-likeness (QED) is 0.806. The number of hydrogen-bond donors (Lipinski definition) is 0. The van der Waals surface area contributed by atoms with E-state index in [1.54, 1.807) is 4.90 Å². The highest BCUT2D eigenvalue weighted by Crippen LogP contribution is 2.30. The molecule has 1 aromatic rings. The highest BCUT2D eigenvalue weighted by molar-refractivity contribution is 5.83. The van der Waals surface area contributed by atoms with Gasteiger partial charge in [-0.3, -0.25) is 14.5 Å². The van der Waals surface area contributed by atoms with Gasteiger partial charge in [0.25, 0.3) is 0 Å². The molecule has 0 radical (unpaired) electrons. The van der Waals surface area contributed by atoms with E-state index in [1.807, 2.05) is 11.9 Å². The van der Waals surface area contributed by atoms with Gasteiger partial charge >= 0.3 is 0 Å². The van der Waals surface area contributed by atoms with Crippen LogP contribution < -0.4 is 4.90 Å². The molecule has 1 aromatic carbocycles. The Morgan fingerprint density at radius 1 is 1.11 bits per heavy atom. The summed E-state index contributed by atoms with van der Waals surface area (Å²) in [4.78, 5) is 33.7. The number of nitrogens with zero attached hydrogens (tertiary/aromatic N) is 4. The van der Waals surface area contributed by atoms with Gasteiger partial charge in [-0.05, 0) is 37.5 Å². The van der Waals surface area contributed by atoms with Crippen molar-refractivity contribution < 1.29 is 9.59 Å². The number of carbonyl (C=O) groups is 2. The van der Waals surface area contributed by atoms with Gasteiger partial charge in [0, 0.05) is 64.0 Å². The standard InChI is InChI=1S/C21H30N4O2/c1-16-4-3-5-17(12-16)24-10-8-23(9-11-24)15-21(27)25-18-6-7-19(25)14-22(2)20(26)13-18/h3-5,12,18-19H,6-11,13-15H2,1-2H3/t18-,19+/m1/s1. The van der Waals surface area contributed by atoms with Crippen LogP contribution >= 0.6 is 0 Å². The molecule has 146 valence electrons. The van der Waals surface area contributed by atoms with Crippen LogP contribution in [0.3, 0.4) is 0 Å². The number of fused-ring (bicyclic) bond motifs is 2. The van der Waals surface area contributed by atoms with E-state index in [1.165, 1.54) is 11.3 Å². The highest BCUT2D eigenvalue weighted by atomic mass is 16.2. The van der Waals surface area contributed by atoms with Gasteiger partial charge in [-0.1, -0.05) is 12.1 Å². The first-order valence-electron chi connectivity index (χ1n) is 10.1.